The lowest BCUT2D eigenvalue weighted by Crippen LogP contribution is -2.26. The van der Waals surface area contributed by atoms with Gasteiger partial charge in [-0.3, -0.25) is 4.79 Å². The third kappa shape index (κ3) is 2.20. The van der Waals surface area contributed by atoms with E-state index in [1.54, 1.807) is 0 Å². The molecule has 1 aliphatic rings. The summed E-state index contributed by atoms with van der Waals surface area (Å²) in [5.74, 6) is -0.920. The van der Waals surface area contributed by atoms with Crippen LogP contribution in [0.3, 0.4) is 0 Å². The summed E-state index contributed by atoms with van der Waals surface area (Å²) >= 11 is 0. The molecule has 1 amide bonds. The smallest absolute Gasteiger partial charge is 0.332 e. The van der Waals surface area contributed by atoms with Crippen molar-refractivity contribution >= 4 is 23.3 Å². The molecular weight excluding hydrogens is 232 g/mol. The van der Waals surface area contributed by atoms with Gasteiger partial charge in [-0.25, -0.2) is 4.79 Å². The minimum Gasteiger partial charge on any atom is -0.466 e. The zero-order chi connectivity index (χ0) is 13.3. The number of amides is 1. The Morgan fingerprint density at radius 3 is 2.28 bits per heavy atom. The zero-order valence-electron chi connectivity index (χ0n) is 10.5. The van der Waals surface area contributed by atoms with E-state index in [1.165, 1.54) is 7.11 Å². The molecule has 0 bridgehead atoms. The molecule has 0 radical (unpaired) electrons. The van der Waals surface area contributed by atoms with Crippen molar-refractivity contribution in [2.75, 3.05) is 17.7 Å². The highest BCUT2D eigenvalue weighted by Crippen LogP contribution is 2.30. The summed E-state index contributed by atoms with van der Waals surface area (Å²) < 4.78 is 4.50. The lowest BCUT2D eigenvalue weighted by Gasteiger charge is -2.22. The normalized spacial score (nSPS) is 15.7. The van der Waals surface area contributed by atoms with E-state index in [0.717, 1.165) is 22.9 Å². The van der Waals surface area contributed by atoms with E-state index in [9.17, 15) is 9.59 Å². The molecule has 1 aromatic rings. The summed E-state index contributed by atoms with van der Waals surface area (Å²) in [5.41, 5.74) is 3.86. The molecule has 2 rings (SSSR count). The van der Waals surface area contributed by atoms with E-state index < -0.39 is 5.97 Å². The number of nitrogens with one attached hydrogen (secondary N) is 2. The topological polar surface area (TPSA) is 67.4 Å². The number of benzene rings is 1. The van der Waals surface area contributed by atoms with Gasteiger partial charge in [0.25, 0.3) is 5.91 Å². The second-order valence-electron chi connectivity index (χ2n) is 4.14. The maximum atomic E-state index is 11.8. The van der Waals surface area contributed by atoms with E-state index in [-0.39, 0.29) is 11.6 Å². The summed E-state index contributed by atoms with van der Waals surface area (Å²) in [6.45, 7) is 3.96. The highest BCUT2D eigenvalue weighted by atomic mass is 16.5. The van der Waals surface area contributed by atoms with E-state index in [4.69, 9.17) is 0 Å². The van der Waals surface area contributed by atoms with Crippen molar-refractivity contribution in [3.05, 3.63) is 35.0 Å². The first-order valence-electron chi connectivity index (χ1n) is 5.50. The first kappa shape index (κ1) is 12.2. The van der Waals surface area contributed by atoms with Crippen LogP contribution in [-0.4, -0.2) is 19.0 Å². The van der Waals surface area contributed by atoms with E-state index in [1.807, 2.05) is 26.0 Å². The second-order valence-corrected chi connectivity index (χ2v) is 4.14. The van der Waals surface area contributed by atoms with Crippen LogP contribution in [0.25, 0.3) is 0 Å². The maximum Gasteiger partial charge on any atom is 0.332 e. The fourth-order valence-corrected chi connectivity index (χ4v) is 1.69. The van der Waals surface area contributed by atoms with Crippen molar-refractivity contribution in [2.24, 2.45) is 0 Å². The molecule has 18 heavy (non-hydrogen) atoms. The Morgan fingerprint density at radius 1 is 1.17 bits per heavy atom. The van der Waals surface area contributed by atoms with Gasteiger partial charge in [0.05, 0.1) is 24.6 Å². The van der Waals surface area contributed by atoms with E-state index in [0.29, 0.717) is 5.69 Å². The van der Waals surface area contributed by atoms with Crippen molar-refractivity contribution in [2.45, 2.75) is 13.8 Å². The van der Waals surface area contributed by atoms with Gasteiger partial charge in [-0.05, 0) is 37.1 Å². The summed E-state index contributed by atoms with van der Waals surface area (Å²) in [6, 6.07) is 3.82. The maximum absolute atomic E-state index is 11.8. The van der Waals surface area contributed by atoms with Crippen LogP contribution in [0.1, 0.15) is 11.1 Å². The van der Waals surface area contributed by atoms with Gasteiger partial charge in [-0.1, -0.05) is 0 Å². The number of rotatable bonds is 1. The van der Waals surface area contributed by atoms with Crippen LogP contribution < -0.4 is 10.6 Å². The SMILES string of the molecule is COC(=O)/C=C1/Nc2cc(C)c(C)cc2NC1=O. The molecule has 0 saturated heterocycles. The Bertz CT molecular complexity index is 562. The summed E-state index contributed by atoms with van der Waals surface area (Å²) in [6.07, 6.45) is 1.13. The highest BCUT2D eigenvalue weighted by Gasteiger charge is 2.21. The lowest BCUT2D eigenvalue weighted by atomic mass is 10.1. The van der Waals surface area contributed by atoms with Gasteiger partial charge in [0.2, 0.25) is 0 Å². The molecule has 1 aliphatic heterocycles. The summed E-state index contributed by atoms with van der Waals surface area (Å²) in [7, 11) is 1.27. The molecule has 0 fully saturated rings. The fraction of sp³-hybridized carbons (Fsp3) is 0.231. The molecule has 0 aromatic heterocycles. The number of ether oxygens (including phenoxy) is 1. The average molecular weight is 246 g/mol. The third-order valence-corrected chi connectivity index (χ3v) is 2.86. The largest absolute Gasteiger partial charge is 0.466 e. The summed E-state index contributed by atoms with van der Waals surface area (Å²) in [4.78, 5) is 22.9. The molecule has 0 spiro atoms. The zero-order valence-corrected chi connectivity index (χ0v) is 10.5. The highest BCUT2D eigenvalue weighted by molar-refractivity contribution is 6.13. The van der Waals surface area contributed by atoms with Gasteiger partial charge in [-0.15, -0.1) is 0 Å². The predicted molar refractivity (Wildman–Crippen MR) is 68.3 cm³/mol. The van der Waals surface area contributed by atoms with Crippen LogP contribution in [0.15, 0.2) is 23.9 Å². The van der Waals surface area contributed by atoms with Crippen molar-refractivity contribution in [1.82, 2.24) is 0 Å². The first-order chi connectivity index (χ1) is 8.51. The lowest BCUT2D eigenvalue weighted by molar-refractivity contribution is -0.135. The van der Waals surface area contributed by atoms with Crippen molar-refractivity contribution < 1.29 is 14.3 Å². The van der Waals surface area contributed by atoms with Gasteiger partial charge < -0.3 is 15.4 Å². The number of hydrogen-bond acceptors (Lipinski definition) is 4. The molecule has 0 aliphatic carbocycles. The molecule has 94 valence electrons. The van der Waals surface area contributed by atoms with Gasteiger partial charge in [0.1, 0.15) is 5.70 Å². The number of methoxy groups -OCH3 is 1. The molecule has 0 unspecified atom stereocenters. The average Bonchev–Trinajstić information content (AvgIpc) is 2.32. The molecule has 2 N–H and O–H groups in total. The molecule has 5 nitrogen and oxygen atoms in total. The quantitative estimate of drug-likeness (QED) is 0.585. The van der Waals surface area contributed by atoms with Gasteiger partial charge in [-0.2, -0.15) is 0 Å². The number of esters is 1. The molecule has 1 aromatic carbocycles. The summed E-state index contributed by atoms with van der Waals surface area (Å²) in [5, 5.41) is 5.66. The Labute approximate surface area is 105 Å². The number of hydrogen-bond donors (Lipinski definition) is 2. The third-order valence-electron chi connectivity index (χ3n) is 2.86. The van der Waals surface area contributed by atoms with Crippen LogP contribution in [0.2, 0.25) is 0 Å². The Hall–Kier alpha value is -2.30. The van der Waals surface area contributed by atoms with Crippen LogP contribution in [-0.2, 0) is 14.3 Å². The molecule has 5 heteroatoms. The number of aryl methyl sites for hydroxylation is 2. The van der Waals surface area contributed by atoms with Crippen molar-refractivity contribution in [3.63, 3.8) is 0 Å². The molecule has 0 atom stereocenters. The van der Waals surface area contributed by atoms with Gasteiger partial charge in [0.15, 0.2) is 0 Å². The number of anilines is 2. The van der Waals surface area contributed by atoms with Gasteiger partial charge in [0, 0.05) is 0 Å². The number of carbonyl (C=O) groups is 2. The Morgan fingerprint density at radius 2 is 1.72 bits per heavy atom. The Balaban J connectivity index is 2.39. The minimum atomic E-state index is -0.570. The number of carbonyl (C=O) groups excluding carboxylic acids is 2. The fourth-order valence-electron chi connectivity index (χ4n) is 1.69. The van der Waals surface area contributed by atoms with Crippen molar-refractivity contribution in [3.8, 4) is 0 Å². The second kappa shape index (κ2) is 4.52. The van der Waals surface area contributed by atoms with E-state index >= 15 is 0 Å². The predicted octanol–water partition coefficient (Wildman–Crippen LogP) is 1.72. The molecule has 1 heterocycles. The van der Waals surface area contributed by atoms with Crippen LogP contribution in [0.5, 0.6) is 0 Å². The van der Waals surface area contributed by atoms with Crippen LogP contribution in [0.4, 0.5) is 11.4 Å². The Kier molecular flexibility index (Phi) is 3.06. The number of fused-ring (bicyclic) bond motifs is 1. The van der Waals surface area contributed by atoms with E-state index in [2.05, 4.69) is 15.4 Å². The molecular formula is C13H14N2O3. The van der Waals surface area contributed by atoms with Crippen LogP contribution in [0, 0.1) is 13.8 Å². The first-order valence-corrected chi connectivity index (χ1v) is 5.50. The van der Waals surface area contributed by atoms with Gasteiger partial charge >= 0.3 is 5.97 Å². The van der Waals surface area contributed by atoms with Crippen LogP contribution >= 0.6 is 0 Å². The van der Waals surface area contributed by atoms with Crippen molar-refractivity contribution in [1.29, 1.82) is 0 Å². The monoisotopic (exact) mass is 246 g/mol. The minimum absolute atomic E-state index is 0.178. The standard InChI is InChI=1S/C13H14N2O3/c1-7-4-9-10(5-8(7)2)15-13(17)11(14-9)6-12(16)18-3/h4-6,14H,1-3H3,(H,15,17)/b11-6+. The molecule has 0 saturated carbocycles.